The van der Waals surface area contributed by atoms with Gasteiger partial charge in [-0.1, -0.05) is 17.7 Å². The number of nitrogens with one attached hydrogen (secondary N) is 1. The van der Waals surface area contributed by atoms with Crippen molar-refractivity contribution in [3.05, 3.63) is 64.5 Å². The first-order valence-corrected chi connectivity index (χ1v) is 8.16. The van der Waals surface area contributed by atoms with Crippen LogP contribution >= 0.6 is 11.6 Å². The molecule has 2 aromatic heterocycles. The van der Waals surface area contributed by atoms with Crippen LogP contribution in [0.1, 0.15) is 28.5 Å². The zero-order valence-electron chi connectivity index (χ0n) is 13.8. The van der Waals surface area contributed by atoms with E-state index in [1.165, 1.54) is 12.1 Å². The molecule has 0 aliphatic carbocycles. The van der Waals surface area contributed by atoms with Crippen LogP contribution in [0, 0.1) is 12.7 Å². The Labute approximate surface area is 149 Å². The van der Waals surface area contributed by atoms with Crippen molar-refractivity contribution in [3.8, 4) is 0 Å². The van der Waals surface area contributed by atoms with Crippen LogP contribution in [0.3, 0.4) is 0 Å². The lowest BCUT2D eigenvalue weighted by atomic mass is 10.2. The fraction of sp³-hybridized carbons (Fsp3) is 0.235. The first-order valence-electron chi connectivity index (χ1n) is 7.78. The molecular weight excluding hydrogens is 345 g/mol. The van der Waals surface area contributed by atoms with Crippen LogP contribution in [-0.2, 0) is 13.1 Å². The van der Waals surface area contributed by atoms with E-state index >= 15 is 0 Å². The quantitative estimate of drug-likeness (QED) is 0.756. The van der Waals surface area contributed by atoms with Gasteiger partial charge in [0.15, 0.2) is 0 Å². The molecule has 0 fully saturated rings. The van der Waals surface area contributed by atoms with Gasteiger partial charge in [-0.3, -0.25) is 14.2 Å². The Balaban J connectivity index is 1.71. The van der Waals surface area contributed by atoms with E-state index < -0.39 is 0 Å². The van der Waals surface area contributed by atoms with Crippen molar-refractivity contribution in [3.63, 3.8) is 0 Å². The molecule has 0 bridgehead atoms. The number of carbonyl (C=O) groups excluding carboxylic acids is 1. The van der Waals surface area contributed by atoms with Crippen molar-refractivity contribution in [1.82, 2.24) is 19.6 Å². The molecule has 0 spiro atoms. The van der Waals surface area contributed by atoms with E-state index in [1.807, 2.05) is 13.8 Å². The van der Waals surface area contributed by atoms with Gasteiger partial charge in [0.1, 0.15) is 5.82 Å². The molecule has 25 heavy (non-hydrogen) atoms. The van der Waals surface area contributed by atoms with Crippen LogP contribution in [0.5, 0.6) is 0 Å². The van der Waals surface area contributed by atoms with E-state index in [-0.39, 0.29) is 11.7 Å². The molecule has 1 N–H and O–H groups in total. The Morgan fingerprint density at radius 2 is 2.12 bits per heavy atom. The lowest BCUT2D eigenvalue weighted by molar-refractivity contribution is 0.102. The van der Waals surface area contributed by atoms with Gasteiger partial charge < -0.3 is 5.32 Å². The minimum Gasteiger partial charge on any atom is -0.319 e. The lowest BCUT2D eigenvalue weighted by Crippen LogP contribution is -2.13. The SMILES string of the molecule is CCn1ncc(C(=O)Nc2cnn(Cc3ccc(F)cc3Cl)c2)c1C. The summed E-state index contributed by atoms with van der Waals surface area (Å²) in [5.41, 5.74) is 2.64. The predicted molar refractivity (Wildman–Crippen MR) is 93.3 cm³/mol. The predicted octanol–water partition coefficient (Wildman–Crippen LogP) is 3.50. The van der Waals surface area contributed by atoms with Gasteiger partial charge in [0.25, 0.3) is 5.91 Å². The summed E-state index contributed by atoms with van der Waals surface area (Å²) in [6, 6.07) is 4.22. The van der Waals surface area contributed by atoms with Crippen LogP contribution in [0.25, 0.3) is 0 Å². The molecule has 0 saturated carbocycles. The van der Waals surface area contributed by atoms with Gasteiger partial charge in [0, 0.05) is 23.5 Å². The fourth-order valence-electron chi connectivity index (χ4n) is 2.53. The Morgan fingerprint density at radius 1 is 1.32 bits per heavy atom. The molecular formula is C17H17ClFN5O. The van der Waals surface area contributed by atoms with Crippen LogP contribution in [-0.4, -0.2) is 25.5 Å². The standard InChI is InChI=1S/C17H17ClFN5O/c1-3-24-11(2)15(8-21-24)17(25)22-14-7-20-23(10-14)9-12-4-5-13(19)6-16(12)18/h4-8,10H,3,9H2,1-2H3,(H,22,25). The van der Waals surface area contributed by atoms with Crippen molar-refractivity contribution in [2.45, 2.75) is 26.9 Å². The van der Waals surface area contributed by atoms with E-state index in [0.29, 0.717) is 29.4 Å². The largest absolute Gasteiger partial charge is 0.319 e. The number of benzene rings is 1. The number of anilines is 1. The Kier molecular flexibility index (Phi) is 4.85. The van der Waals surface area contributed by atoms with E-state index in [4.69, 9.17) is 11.6 Å². The van der Waals surface area contributed by atoms with Crippen LogP contribution in [0.4, 0.5) is 10.1 Å². The average molecular weight is 362 g/mol. The molecule has 1 amide bonds. The lowest BCUT2D eigenvalue weighted by Gasteiger charge is -2.05. The molecule has 0 saturated heterocycles. The highest BCUT2D eigenvalue weighted by molar-refractivity contribution is 6.31. The topological polar surface area (TPSA) is 64.7 Å². The van der Waals surface area contributed by atoms with Gasteiger partial charge in [-0.2, -0.15) is 10.2 Å². The number of aryl methyl sites for hydroxylation is 1. The maximum atomic E-state index is 13.1. The molecule has 130 valence electrons. The first-order chi connectivity index (χ1) is 12.0. The number of hydrogen-bond acceptors (Lipinski definition) is 3. The molecule has 8 heteroatoms. The summed E-state index contributed by atoms with van der Waals surface area (Å²) in [6.07, 6.45) is 4.79. The molecule has 0 radical (unpaired) electrons. The zero-order chi connectivity index (χ0) is 18.0. The summed E-state index contributed by atoms with van der Waals surface area (Å²) in [5.74, 6) is -0.623. The molecule has 0 atom stereocenters. The Hall–Kier alpha value is -2.67. The van der Waals surface area contributed by atoms with Crippen molar-refractivity contribution >= 4 is 23.2 Å². The molecule has 3 rings (SSSR count). The molecule has 3 aromatic rings. The number of aromatic nitrogens is 4. The number of amides is 1. The summed E-state index contributed by atoms with van der Waals surface area (Å²) in [5, 5.41) is 11.5. The molecule has 6 nitrogen and oxygen atoms in total. The van der Waals surface area contributed by atoms with E-state index in [0.717, 1.165) is 11.3 Å². The Bertz CT molecular complexity index is 918. The van der Waals surface area contributed by atoms with E-state index in [9.17, 15) is 9.18 Å². The van der Waals surface area contributed by atoms with Gasteiger partial charge in [0.05, 0.1) is 30.2 Å². The Morgan fingerprint density at radius 3 is 2.80 bits per heavy atom. The highest BCUT2D eigenvalue weighted by atomic mass is 35.5. The van der Waals surface area contributed by atoms with Crippen molar-refractivity contribution in [2.75, 3.05) is 5.32 Å². The summed E-state index contributed by atoms with van der Waals surface area (Å²) in [7, 11) is 0. The first kappa shape index (κ1) is 17.2. The monoisotopic (exact) mass is 361 g/mol. The number of hydrogen-bond donors (Lipinski definition) is 1. The van der Waals surface area contributed by atoms with Crippen molar-refractivity contribution < 1.29 is 9.18 Å². The van der Waals surface area contributed by atoms with Crippen LogP contribution in [0.15, 0.2) is 36.8 Å². The maximum Gasteiger partial charge on any atom is 0.259 e. The third-order valence-corrected chi connectivity index (χ3v) is 4.24. The molecule has 1 aromatic carbocycles. The summed E-state index contributed by atoms with van der Waals surface area (Å²) in [4.78, 5) is 12.4. The normalized spacial score (nSPS) is 10.9. The van der Waals surface area contributed by atoms with E-state index in [1.54, 1.807) is 34.0 Å². The minimum absolute atomic E-state index is 0.239. The maximum absolute atomic E-state index is 13.1. The van der Waals surface area contributed by atoms with Crippen LogP contribution in [0.2, 0.25) is 5.02 Å². The zero-order valence-corrected chi connectivity index (χ0v) is 14.6. The van der Waals surface area contributed by atoms with Gasteiger partial charge >= 0.3 is 0 Å². The fourth-order valence-corrected chi connectivity index (χ4v) is 2.75. The van der Waals surface area contributed by atoms with Crippen molar-refractivity contribution in [1.29, 1.82) is 0 Å². The minimum atomic E-state index is -0.384. The molecule has 2 heterocycles. The number of halogens is 2. The second-order valence-electron chi connectivity index (χ2n) is 5.58. The average Bonchev–Trinajstić information content (AvgIpc) is 3.16. The highest BCUT2D eigenvalue weighted by Gasteiger charge is 2.14. The summed E-state index contributed by atoms with van der Waals surface area (Å²) in [6.45, 7) is 4.90. The van der Waals surface area contributed by atoms with E-state index in [2.05, 4.69) is 15.5 Å². The number of nitrogens with zero attached hydrogens (tertiary/aromatic N) is 4. The molecule has 0 unspecified atom stereocenters. The summed E-state index contributed by atoms with van der Waals surface area (Å²) < 4.78 is 16.5. The third-order valence-electron chi connectivity index (χ3n) is 3.89. The smallest absolute Gasteiger partial charge is 0.259 e. The second-order valence-corrected chi connectivity index (χ2v) is 5.98. The van der Waals surface area contributed by atoms with Gasteiger partial charge in [0.2, 0.25) is 0 Å². The second kappa shape index (κ2) is 7.06. The van der Waals surface area contributed by atoms with Gasteiger partial charge in [-0.05, 0) is 31.5 Å². The number of carbonyl (C=O) groups is 1. The summed E-state index contributed by atoms with van der Waals surface area (Å²) >= 11 is 6.02. The van der Waals surface area contributed by atoms with Gasteiger partial charge in [-0.15, -0.1) is 0 Å². The number of rotatable bonds is 5. The highest BCUT2D eigenvalue weighted by Crippen LogP contribution is 2.19. The molecule has 0 aliphatic heterocycles. The van der Waals surface area contributed by atoms with Crippen molar-refractivity contribution in [2.24, 2.45) is 0 Å². The van der Waals surface area contributed by atoms with Crippen LogP contribution < -0.4 is 5.32 Å². The molecule has 0 aliphatic rings. The van der Waals surface area contributed by atoms with Gasteiger partial charge in [-0.25, -0.2) is 4.39 Å². The third kappa shape index (κ3) is 3.71.